The fourth-order valence-electron chi connectivity index (χ4n) is 3.77. The molecule has 3 rings (SSSR count). The number of hydrogen-bond acceptors (Lipinski definition) is 3. The molecule has 190 valence electrons. The third kappa shape index (κ3) is 6.53. The van der Waals surface area contributed by atoms with Gasteiger partial charge in [0.1, 0.15) is 0 Å². The van der Waals surface area contributed by atoms with Gasteiger partial charge in [0.2, 0.25) is 7.29 Å². The quantitative estimate of drug-likeness (QED) is 0.187. The topological polar surface area (TPSA) is 55.4 Å². The van der Waals surface area contributed by atoms with Crippen LogP contribution >= 0.6 is 7.29 Å². The molecule has 0 aliphatic rings. The van der Waals surface area contributed by atoms with E-state index in [1.54, 1.807) is 12.1 Å². The Morgan fingerprint density at radius 1 is 0.917 bits per heavy atom. The standard InChI is InChI=1S/C30H38NO3PSi/c1-30(2,3)36(5,6)23-13-18-28(24-19-21-25(22-20-24)29(32)34-4)31-35(33,26-14-9-7-10-15-26)27-16-11-8-12-17-27/h7-17,19-23,28H,18H2,1-6H3,(H,31,33)/b23-13+. The van der Waals surface area contributed by atoms with Gasteiger partial charge in [0.05, 0.1) is 20.7 Å². The van der Waals surface area contributed by atoms with E-state index in [1.165, 1.54) is 7.11 Å². The van der Waals surface area contributed by atoms with Crippen molar-refractivity contribution in [3.05, 3.63) is 108 Å². The monoisotopic (exact) mass is 519 g/mol. The molecule has 36 heavy (non-hydrogen) atoms. The van der Waals surface area contributed by atoms with Gasteiger partial charge in [0.15, 0.2) is 0 Å². The van der Waals surface area contributed by atoms with E-state index in [2.05, 4.69) is 50.7 Å². The van der Waals surface area contributed by atoms with Crippen LogP contribution in [0.15, 0.2) is 96.7 Å². The molecule has 0 fully saturated rings. The molecule has 4 nitrogen and oxygen atoms in total. The third-order valence-corrected chi connectivity index (χ3v) is 14.8. The summed E-state index contributed by atoms with van der Waals surface area (Å²) in [6, 6.07) is 26.4. The highest BCUT2D eigenvalue weighted by atomic mass is 31.2. The molecule has 3 aromatic rings. The van der Waals surface area contributed by atoms with E-state index in [4.69, 9.17) is 4.74 Å². The van der Waals surface area contributed by atoms with Gasteiger partial charge in [-0.25, -0.2) is 4.79 Å². The molecule has 0 saturated carbocycles. The van der Waals surface area contributed by atoms with Crippen molar-refractivity contribution in [3.63, 3.8) is 0 Å². The number of ether oxygens (including phenoxy) is 1. The number of nitrogens with one attached hydrogen (secondary N) is 1. The molecule has 0 aliphatic heterocycles. The zero-order valence-electron chi connectivity index (χ0n) is 22.2. The zero-order valence-corrected chi connectivity index (χ0v) is 24.1. The summed E-state index contributed by atoms with van der Waals surface area (Å²) in [5.74, 6) is -0.372. The number of esters is 1. The maximum atomic E-state index is 14.7. The van der Waals surface area contributed by atoms with Crippen molar-refractivity contribution in [2.45, 2.75) is 51.4 Å². The Hall–Kier alpha value is -2.72. The van der Waals surface area contributed by atoms with Crippen LogP contribution in [0.1, 0.15) is 49.2 Å². The molecular formula is C30H38NO3PSi. The van der Waals surface area contributed by atoms with Crippen LogP contribution in [0.3, 0.4) is 0 Å². The first-order valence-electron chi connectivity index (χ1n) is 12.3. The lowest BCUT2D eigenvalue weighted by molar-refractivity contribution is 0.0600. The van der Waals surface area contributed by atoms with Crippen LogP contribution in [0.2, 0.25) is 18.1 Å². The fraction of sp³-hybridized carbons (Fsp3) is 0.300. The fourth-order valence-corrected chi connectivity index (χ4v) is 7.47. The molecule has 0 amide bonds. The van der Waals surface area contributed by atoms with Gasteiger partial charge in [-0.05, 0) is 53.4 Å². The second-order valence-electron chi connectivity index (χ2n) is 10.7. The number of methoxy groups -OCH3 is 1. The van der Waals surface area contributed by atoms with E-state index in [9.17, 15) is 9.36 Å². The van der Waals surface area contributed by atoms with E-state index >= 15 is 0 Å². The Morgan fingerprint density at radius 2 is 1.42 bits per heavy atom. The van der Waals surface area contributed by atoms with Gasteiger partial charge in [0.25, 0.3) is 0 Å². The number of carbonyl (C=O) groups excluding carboxylic acids is 1. The number of rotatable bonds is 9. The Kier molecular flexibility index (Phi) is 8.94. The van der Waals surface area contributed by atoms with Crippen molar-refractivity contribution in [1.29, 1.82) is 0 Å². The van der Waals surface area contributed by atoms with Crippen LogP contribution in [-0.4, -0.2) is 21.2 Å². The van der Waals surface area contributed by atoms with Gasteiger partial charge >= 0.3 is 5.97 Å². The van der Waals surface area contributed by atoms with Crippen molar-refractivity contribution in [3.8, 4) is 0 Å². The highest BCUT2D eigenvalue weighted by molar-refractivity contribution is 7.76. The van der Waals surface area contributed by atoms with E-state index in [0.717, 1.165) is 16.2 Å². The summed E-state index contributed by atoms with van der Waals surface area (Å²) in [6.45, 7) is 11.6. The Balaban J connectivity index is 2.04. The largest absolute Gasteiger partial charge is 0.465 e. The first-order valence-corrected chi connectivity index (χ1v) is 17.1. The number of benzene rings is 3. The van der Waals surface area contributed by atoms with Gasteiger partial charge in [0, 0.05) is 16.7 Å². The van der Waals surface area contributed by atoms with E-state index < -0.39 is 15.4 Å². The average Bonchev–Trinajstić information content (AvgIpc) is 2.88. The molecule has 6 heteroatoms. The second kappa shape index (κ2) is 11.6. The molecule has 0 spiro atoms. The normalized spacial score (nSPS) is 13.5. The van der Waals surface area contributed by atoms with E-state index in [-0.39, 0.29) is 17.0 Å². The van der Waals surface area contributed by atoms with Gasteiger partial charge in [-0.15, -0.1) is 0 Å². The lowest BCUT2D eigenvalue weighted by Crippen LogP contribution is -2.35. The number of hydrogen-bond donors (Lipinski definition) is 1. The summed E-state index contributed by atoms with van der Waals surface area (Å²) in [7, 11) is -3.41. The molecule has 1 atom stereocenters. The SMILES string of the molecule is COC(=O)c1ccc(C(C/C=C/[Si](C)(C)C(C)(C)C)NP(=O)(c2ccccc2)c2ccccc2)cc1. The number of carbonyl (C=O) groups is 1. The highest BCUT2D eigenvalue weighted by Gasteiger charge is 2.33. The molecule has 0 aromatic heterocycles. The molecule has 0 heterocycles. The lowest BCUT2D eigenvalue weighted by atomic mass is 10.0. The molecule has 0 saturated heterocycles. The lowest BCUT2D eigenvalue weighted by Gasteiger charge is -2.34. The van der Waals surface area contributed by atoms with Crippen molar-refractivity contribution in [1.82, 2.24) is 5.09 Å². The summed E-state index contributed by atoms with van der Waals surface area (Å²) >= 11 is 0. The van der Waals surface area contributed by atoms with E-state index in [1.807, 2.05) is 72.8 Å². The zero-order chi connectivity index (χ0) is 26.4. The molecule has 0 bridgehead atoms. The van der Waals surface area contributed by atoms with Crippen molar-refractivity contribution in [2.24, 2.45) is 0 Å². The minimum Gasteiger partial charge on any atom is -0.465 e. The van der Waals surface area contributed by atoms with Gasteiger partial charge in [-0.3, -0.25) is 9.65 Å². The van der Waals surface area contributed by atoms with Crippen LogP contribution < -0.4 is 15.7 Å². The predicted octanol–water partition coefficient (Wildman–Crippen LogP) is 7.03. The highest BCUT2D eigenvalue weighted by Crippen LogP contribution is 2.43. The van der Waals surface area contributed by atoms with Crippen LogP contribution in [0, 0.1) is 0 Å². The van der Waals surface area contributed by atoms with Gasteiger partial charge < -0.3 is 4.74 Å². The van der Waals surface area contributed by atoms with Crippen molar-refractivity contribution in [2.75, 3.05) is 7.11 Å². The minimum absolute atomic E-state index is 0.219. The summed E-state index contributed by atoms with van der Waals surface area (Å²) in [6.07, 6.45) is 2.91. The Morgan fingerprint density at radius 3 is 1.86 bits per heavy atom. The first-order chi connectivity index (χ1) is 17.0. The van der Waals surface area contributed by atoms with Crippen molar-refractivity contribution < 1.29 is 14.1 Å². The maximum absolute atomic E-state index is 14.7. The Labute approximate surface area is 217 Å². The second-order valence-corrected chi connectivity index (χ2v) is 18.5. The smallest absolute Gasteiger partial charge is 0.337 e. The predicted molar refractivity (Wildman–Crippen MR) is 154 cm³/mol. The average molecular weight is 520 g/mol. The summed E-state index contributed by atoms with van der Waals surface area (Å²) < 4.78 is 19.6. The van der Waals surface area contributed by atoms with Gasteiger partial charge in [-0.1, -0.05) is 94.2 Å². The summed E-state index contributed by atoms with van der Waals surface area (Å²) in [5, 5.41) is 5.33. The molecule has 0 aliphatic carbocycles. The molecule has 1 N–H and O–H groups in total. The molecular weight excluding hydrogens is 481 g/mol. The van der Waals surface area contributed by atoms with E-state index in [0.29, 0.717) is 12.0 Å². The van der Waals surface area contributed by atoms with Crippen LogP contribution in [0.25, 0.3) is 0 Å². The van der Waals surface area contributed by atoms with Gasteiger partial charge in [-0.2, -0.15) is 0 Å². The third-order valence-electron chi connectivity index (χ3n) is 7.15. The summed E-state index contributed by atoms with van der Waals surface area (Å²) in [4.78, 5) is 12.0. The minimum atomic E-state index is -3.16. The van der Waals surface area contributed by atoms with Crippen LogP contribution in [0.4, 0.5) is 0 Å². The maximum Gasteiger partial charge on any atom is 0.337 e. The Bertz CT molecular complexity index is 1170. The molecule has 1 unspecified atom stereocenters. The summed E-state index contributed by atoms with van der Waals surface area (Å²) in [5.41, 5.74) is 3.85. The first kappa shape index (κ1) is 27.9. The van der Waals surface area contributed by atoms with Crippen LogP contribution in [0.5, 0.6) is 0 Å². The molecule has 0 radical (unpaired) electrons. The molecule has 3 aromatic carbocycles. The van der Waals surface area contributed by atoms with Crippen molar-refractivity contribution >= 4 is 31.9 Å². The van der Waals surface area contributed by atoms with Crippen LogP contribution in [-0.2, 0) is 9.30 Å².